The molecule has 1 aromatic carbocycles. The first-order valence-electron chi connectivity index (χ1n) is 8.77. The Kier molecular flexibility index (Phi) is 8.49. The predicted octanol–water partition coefficient (Wildman–Crippen LogP) is 4.03. The zero-order valence-electron chi connectivity index (χ0n) is 15.5. The van der Waals surface area contributed by atoms with Gasteiger partial charge in [0.2, 0.25) is 0 Å². The molecular weight excluding hydrogens is 476 g/mol. The van der Waals surface area contributed by atoms with Crippen LogP contribution in [0.4, 0.5) is 4.39 Å². The summed E-state index contributed by atoms with van der Waals surface area (Å²) in [6, 6.07) is 4.85. The van der Waals surface area contributed by atoms with E-state index in [1.807, 2.05) is 19.2 Å². The van der Waals surface area contributed by atoms with Gasteiger partial charge in [-0.15, -0.1) is 35.3 Å². The first kappa shape index (κ1) is 21.6. The third-order valence-electron chi connectivity index (χ3n) is 4.17. The highest BCUT2D eigenvalue weighted by Crippen LogP contribution is 2.19. The lowest BCUT2D eigenvalue weighted by molar-refractivity contribution is 0.629. The molecule has 0 aliphatic heterocycles. The average Bonchev–Trinajstić information content (AvgIpc) is 3.22. The van der Waals surface area contributed by atoms with Crippen molar-refractivity contribution in [2.45, 2.75) is 26.2 Å². The SMILES string of the molecule is CN=C(NCCCc1nc(C)cs1)NCCc1c[nH]c2cc(F)ccc12.I. The minimum Gasteiger partial charge on any atom is -0.361 e. The molecule has 0 unspecified atom stereocenters. The zero-order valence-corrected chi connectivity index (χ0v) is 18.7. The molecule has 0 spiro atoms. The summed E-state index contributed by atoms with van der Waals surface area (Å²) in [5, 5.41) is 11.0. The van der Waals surface area contributed by atoms with Gasteiger partial charge in [0.25, 0.3) is 0 Å². The average molecular weight is 501 g/mol. The van der Waals surface area contributed by atoms with E-state index in [1.165, 1.54) is 22.7 Å². The van der Waals surface area contributed by atoms with Gasteiger partial charge < -0.3 is 15.6 Å². The van der Waals surface area contributed by atoms with Gasteiger partial charge in [0, 0.05) is 54.7 Å². The third-order valence-corrected chi connectivity index (χ3v) is 5.19. The van der Waals surface area contributed by atoms with E-state index < -0.39 is 0 Å². The fourth-order valence-corrected chi connectivity index (χ4v) is 3.68. The number of nitrogens with zero attached hydrogens (tertiary/aromatic N) is 2. The highest BCUT2D eigenvalue weighted by atomic mass is 127. The number of aromatic nitrogens is 2. The molecule has 0 amide bonds. The van der Waals surface area contributed by atoms with E-state index >= 15 is 0 Å². The number of thiazole rings is 1. The minimum absolute atomic E-state index is 0. The summed E-state index contributed by atoms with van der Waals surface area (Å²) in [6.45, 7) is 3.63. The van der Waals surface area contributed by atoms with Crippen molar-refractivity contribution in [1.82, 2.24) is 20.6 Å². The van der Waals surface area contributed by atoms with Gasteiger partial charge in [-0.3, -0.25) is 4.99 Å². The highest BCUT2D eigenvalue weighted by Gasteiger charge is 2.05. The number of hydrogen-bond acceptors (Lipinski definition) is 3. The monoisotopic (exact) mass is 501 g/mol. The maximum absolute atomic E-state index is 13.2. The number of aliphatic imine (C=N–C) groups is 1. The Hall–Kier alpha value is -1.68. The topological polar surface area (TPSA) is 65.1 Å². The number of rotatable bonds is 7. The van der Waals surface area contributed by atoms with Gasteiger partial charge in [-0.05, 0) is 43.5 Å². The van der Waals surface area contributed by atoms with Crippen LogP contribution in [0.1, 0.15) is 22.7 Å². The zero-order chi connectivity index (χ0) is 18.4. The molecule has 0 aliphatic rings. The van der Waals surface area contributed by atoms with Crippen LogP contribution >= 0.6 is 35.3 Å². The molecule has 27 heavy (non-hydrogen) atoms. The number of aryl methyl sites for hydroxylation is 2. The third kappa shape index (κ3) is 6.17. The molecule has 0 aliphatic carbocycles. The Labute approximate surface area is 179 Å². The number of nitrogens with one attached hydrogen (secondary N) is 3. The van der Waals surface area contributed by atoms with Crippen LogP contribution < -0.4 is 10.6 Å². The molecule has 0 saturated carbocycles. The molecule has 146 valence electrons. The lowest BCUT2D eigenvalue weighted by Gasteiger charge is -2.11. The molecule has 0 fully saturated rings. The summed E-state index contributed by atoms with van der Waals surface area (Å²) >= 11 is 1.72. The van der Waals surface area contributed by atoms with Crippen molar-refractivity contribution in [3.63, 3.8) is 0 Å². The molecule has 0 bridgehead atoms. The molecule has 5 nitrogen and oxygen atoms in total. The number of fused-ring (bicyclic) bond motifs is 1. The molecule has 0 atom stereocenters. The maximum atomic E-state index is 13.2. The Morgan fingerprint density at radius 1 is 1.26 bits per heavy atom. The Morgan fingerprint density at radius 3 is 2.81 bits per heavy atom. The summed E-state index contributed by atoms with van der Waals surface area (Å²) in [4.78, 5) is 11.8. The lowest BCUT2D eigenvalue weighted by Crippen LogP contribution is -2.38. The predicted molar refractivity (Wildman–Crippen MR) is 122 cm³/mol. The number of hydrogen-bond donors (Lipinski definition) is 3. The van der Waals surface area contributed by atoms with E-state index in [2.05, 4.69) is 31.0 Å². The molecule has 2 heterocycles. The summed E-state index contributed by atoms with van der Waals surface area (Å²) < 4.78 is 13.2. The van der Waals surface area contributed by atoms with E-state index in [0.29, 0.717) is 0 Å². The minimum atomic E-state index is -0.221. The normalized spacial score (nSPS) is 11.4. The summed E-state index contributed by atoms with van der Waals surface area (Å²) in [5.41, 5.74) is 3.09. The van der Waals surface area contributed by atoms with Crippen molar-refractivity contribution < 1.29 is 4.39 Å². The van der Waals surface area contributed by atoms with Crippen LogP contribution in [-0.2, 0) is 12.8 Å². The van der Waals surface area contributed by atoms with E-state index in [9.17, 15) is 4.39 Å². The van der Waals surface area contributed by atoms with Gasteiger partial charge in [0.05, 0.1) is 5.01 Å². The Bertz CT molecular complexity index is 889. The standard InChI is InChI=1S/C19H24FN5S.HI/c1-13-12-26-18(25-13)4-3-8-22-19(21-2)23-9-7-14-11-24-17-10-15(20)5-6-16(14)17;/h5-6,10-12,24H,3-4,7-9H2,1-2H3,(H2,21,22,23);1H. The van der Waals surface area contributed by atoms with Gasteiger partial charge in [-0.2, -0.15) is 0 Å². The van der Waals surface area contributed by atoms with Gasteiger partial charge in [-0.25, -0.2) is 9.37 Å². The smallest absolute Gasteiger partial charge is 0.190 e. The summed E-state index contributed by atoms with van der Waals surface area (Å²) in [7, 11) is 1.77. The molecular formula is C19H25FIN5S. The molecule has 3 rings (SSSR count). The van der Waals surface area contributed by atoms with E-state index in [-0.39, 0.29) is 29.8 Å². The first-order valence-corrected chi connectivity index (χ1v) is 9.64. The second-order valence-corrected chi connectivity index (χ2v) is 7.11. The van der Waals surface area contributed by atoms with Gasteiger partial charge in [0.1, 0.15) is 5.82 Å². The highest BCUT2D eigenvalue weighted by molar-refractivity contribution is 14.0. The van der Waals surface area contributed by atoms with Crippen LogP contribution in [0.2, 0.25) is 0 Å². The second kappa shape index (κ2) is 10.6. The van der Waals surface area contributed by atoms with Crippen LogP contribution in [0, 0.1) is 12.7 Å². The van der Waals surface area contributed by atoms with Crippen LogP contribution in [0.5, 0.6) is 0 Å². The van der Waals surface area contributed by atoms with E-state index in [1.54, 1.807) is 18.4 Å². The molecule has 0 saturated heterocycles. The number of benzene rings is 1. The fourth-order valence-electron chi connectivity index (χ4n) is 2.87. The Morgan fingerprint density at radius 2 is 2.07 bits per heavy atom. The quantitative estimate of drug-likeness (QED) is 0.198. The second-order valence-electron chi connectivity index (χ2n) is 6.17. The Balaban J connectivity index is 0.00000261. The van der Waals surface area contributed by atoms with E-state index in [4.69, 9.17) is 0 Å². The van der Waals surface area contributed by atoms with Crippen molar-refractivity contribution >= 4 is 52.2 Å². The lowest BCUT2D eigenvalue weighted by atomic mass is 10.1. The fraction of sp³-hybridized carbons (Fsp3) is 0.368. The van der Waals surface area contributed by atoms with Crippen LogP contribution in [-0.4, -0.2) is 36.1 Å². The van der Waals surface area contributed by atoms with Crippen LogP contribution in [0.15, 0.2) is 34.8 Å². The van der Waals surface area contributed by atoms with E-state index in [0.717, 1.165) is 54.9 Å². The van der Waals surface area contributed by atoms with Crippen molar-refractivity contribution in [3.05, 3.63) is 51.9 Å². The van der Waals surface area contributed by atoms with Gasteiger partial charge in [0.15, 0.2) is 5.96 Å². The first-order chi connectivity index (χ1) is 12.7. The van der Waals surface area contributed by atoms with Gasteiger partial charge in [-0.1, -0.05) is 0 Å². The largest absolute Gasteiger partial charge is 0.361 e. The number of guanidine groups is 1. The van der Waals surface area contributed by atoms with Crippen molar-refractivity contribution in [2.24, 2.45) is 4.99 Å². The van der Waals surface area contributed by atoms with Crippen LogP contribution in [0.25, 0.3) is 10.9 Å². The molecule has 3 aromatic rings. The van der Waals surface area contributed by atoms with Crippen LogP contribution in [0.3, 0.4) is 0 Å². The number of halogens is 2. The maximum Gasteiger partial charge on any atom is 0.190 e. The van der Waals surface area contributed by atoms with Crippen molar-refractivity contribution in [3.8, 4) is 0 Å². The molecule has 8 heteroatoms. The number of H-pyrrole nitrogens is 1. The van der Waals surface area contributed by atoms with Crippen molar-refractivity contribution in [2.75, 3.05) is 20.1 Å². The number of aromatic amines is 1. The van der Waals surface area contributed by atoms with Gasteiger partial charge >= 0.3 is 0 Å². The molecule has 0 radical (unpaired) electrons. The molecule has 2 aromatic heterocycles. The van der Waals surface area contributed by atoms with Crippen molar-refractivity contribution in [1.29, 1.82) is 0 Å². The summed E-state index contributed by atoms with van der Waals surface area (Å²) in [5.74, 6) is 0.577. The summed E-state index contributed by atoms with van der Waals surface area (Å²) in [6.07, 6.45) is 4.78. The molecule has 3 N–H and O–H groups in total.